The minimum absolute atomic E-state index is 0.0619. The summed E-state index contributed by atoms with van der Waals surface area (Å²) in [5, 5.41) is 2.63. The molecule has 0 aromatic heterocycles. The Labute approximate surface area is 163 Å². The summed E-state index contributed by atoms with van der Waals surface area (Å²) < 4.78 is 31.8. The molecule has 1 aliphatic heterocycles. The first kappa shape index (κ1) is 21.2. The molecule has 0 spiro atoms. The number of fused-ring (bicyclic) bond motifs is 1. The third-order valence-corrected chi connectivity index (χ3v) is 5.65. The van der Waals surface area contributed by atoms with Crippen LogP contribution in [0.4, 0.5) is 0 Å². The van der Waals surface area contributed by atoms with Crippen molar-refractivity contribution in [3.05, 3.63) is 29.8 Å². The van der Waals surface area contributed by atoms with Crippen LogP contribution in [0.3, 0.4) is 0 Å². The van der Waals surface area contributed by atoms with Crippen LogP contribution >= 0.6 is 11.8 Å². The highest BCUT2D eigenvalue weighted by Gasteiger charge is 2.32. The summed E-state index contributed by atoms with van der Waals surface area (Å²) in [7, 11) is -3.69. The fourth-order valence-electron chi connectivity index (χ4n) is 2.45. The van der Waals surface area contributed by atoms with Crippen molar-refractivity contribution < 1.29 is 22.7 Å². The molecule has 0 bridgehead atoms. The van der Waals surface area contributed by atoms with Crippen molar-refractivity contribution in [2.24, 2.45) is 4.99 Å². The Morgan fingerprint density at radius 1 is 1.30 bits per heavy atom. The Hall–Kier alpha value is -2.07. The largest absolute Gasteiger partial charge is 0.454 e. The number of amidine groups is 1. The molecule has 2 rings (SSSR count). The fourth-order valence-corrected chi connectivity index (χ4v) is 4.14. The average molecular weight is 414 g/mol. The molecule has 0 saturated heterocycles. The van der Waals surface area contributed by atoms with Gasteiger partial charge in [0.25, 0.3) is 15.9 Å². The van der Waals surface area contributed by atoms with Gasteiger partial charge in [0, 0.05) is 11.6 Å². The van der Waals surface area contributed by atoms with Gasteiger partial charge >= 0.3 is 5.97 Å². The molecule has 0 radical (unpaired) electrons. The number of ether oxygens (including phenoxy) is 1. The number of benzene rings is 1. The molecule has 2 N–H and O–H groups in total. The lowest BCUT2D eigenvalue weighted by Gasteiger charge is -2.14. The summed E-state index contributed by atoms with van der Waals surface area (Å²) in [5.74, 6) is -0.329. The third kappa shape index (κ3) is 5.70. The molecule has 148 valence electrons. The van der Waals surface area contributed by atoms with Crippen LogP contribution in [0, 0.1) is 0 Å². The van der Waals surface area contributed by atoms with Crippen LogP contribution < -0.4 is 10.0 Å². The first-order chi connectivity index (χ1) is 12.7. The maximum Gasteiger partial charge on any atom is 0.331 e. The molecule has 0 fully saturated rings. The van der Waals surface area contributed by atoms with Gasteiger partial charge in [-0.25, -0.2) is 13.2 Å². The Balaban J connectivity index is 2.18. The van der Waals surface area contributed by atoms with E-state index in [2.05, 4.69) is 15.0 Å². The number of sulfonamides is 1. The zero-order valence-electron chi connectivity index (χ0n) is 15.4. The summed E-state index contributed by atoms with van der Waals surface area (Å²) >= 11 is 1.53. The molecular weight excluding hydrogens is 390 g/mol. The van der Waals surface area contributed by atoms with Gasteiger partial charge in [-0.05, 0) is 44.4 Å². The summed E-state index contributed by atoms with van der Waals surface area (Å²) in [6.45, 7) is 3.20. The molecule has 1 amide bonds. The molecule has 0 unspecified atom stereocenters. The lowest BCUT2D eigenvalue weighted by molar-refractivity contribution is -0.149. The van der Waals surface area contributed by atoms with Gasteiger partial charge in [0.15, 0.2) is 12.6 Å². The highest BCUT2D eigenvalue weighted by atomic mass is 32.2. The van der Waals surface area contributed by atoms with Crippen LogP contribution in [-0.2, 0) is 24.3 Å². The predicted octanol–water partition coefficient (Wildman–Crippen LogP) is 0.915. The standard InChI is InChI=1S/C17H23N3O5S2/c1-11(2)18-15(21)10-25-17(22)13(8-9-26-3)19-16-12-6-4-5-7-14(12)27(23,24)20-16/h4-7,11,13H,8-10H2,1-3H3,(H,18,21)(H,19,20)/t13-/m1/s1. The van der Waals surface area contributed by atoms with Crippen LogP contribution in [0.2, 0.25) is 0 Å². The van der Waals surface area contributed by atoms with Crippen LogP contribution in [0.25, 0.3) is 0 Å². The summed E-state index contributed by atoms with van der Waals surface area (Å²) in [6, 6.07) is 5.45. The fraction of sp³-hybridized carbons (Fsp3) is 0.471. The molecule has 27 heavy (non-hydrogen) atoms. The number of nitrogens with zero attached hydrogens (tertiary/aromatic N) is 1. The summed E-state index contributed by atoms with van der Waals surface area (Å²) in [5.41, 5.74) is 0.414. The number of nitrogens with one attached hydrogen (secondary N) is 2. The van der Waals surface area contributed by atoms with Gasteiger partial charge in [-0.15, -0.1) is 0 Å². The maximum absolute atomic E-state index is 12.4. The zero-order chi connectivity index (χ0) is 20.0. The highest BCUT2D eigenvalue weighted by Crippen LogP contribution is 2.23. The summed E-state index contributed by atoms with van der Waals surface area (Å²) in [6.07, 6.45) is 2.25. The minimum Gasteiger partial charge on any atom is -0.454 e. The van der Waals surface area contributed by atoms with Gasteiger partial charge in [0.05, 0.1) is 4.90 Å². The second-order valence-electron chi connectivity index (χ2n) is 6.21. The third-order valence-electron chi connectivity index (χ3n) is 3.61. The van der Waals surface area contributed by atoms with E-state index in [0.29, 0.717) is 17.7 Å². The Morgan fingerprint density at radius 2 is 2.00 bits per heavy atom. The first-order valence-corrected chi connectivity index (χ1v) is 11.3. The molecule has 8 nitrogen and oxygen atoms in total. The molecule has 1 aliphatic rings. The molecule has 1 aromatic carbocycles. The van der Waals surface area contributed by atoms with Crippen LogP contribution in [0.1, 0.15) is 25.8 Å². The van der Waals surface area contributed by atoms with Crippen LogP contribution in [0.15, 0.2) is 34.2 Å². The Kier molecular flexibility index (Phi) is 7.25. The van der Waals surface area contributed by atoms with Crippen molar-refractivity contribution in [1.82, 2.24) is 10.0 Å². The van der Waals surface area contributed by atoms with Gasteiger partial charge in [0.1, 0.15) is 5.84 Å². The lowest BCUT2D eigenvalue weighted by Crippen LogP contribution is -2.36. The van der Waals surface area contributed by atoms with Crippen molar-refractivity contribution in [2.75, 3.05) is 18.6 Å². The number of amides is 1. The maximum atomic E-state index is 12.4. The first-order valence-electron chi connectivity index (χ1n) is 8.39. The molecular formula is C17H23N3O5S2. The molecule has 1 heterocycles. The minimum atomic E-state index is -3.69. The monoisotopic (exact) mass is 413 g/mol. The SMILES string of the molecule is CSCC[C@@H](N=C1NS(=O)(=O)c2ccccc21)C(=O)OCC(=O)NC(C)C. The second kappa shape index (κ2) is 9.23. The average Bonchev–Trinajstić information content (AvgIpc) is 2.86. The van der Waals surface area contributed by atoms with Crippen molar-refractivity contribution in [3.63, 3.8) is 0 Å². The number of carbonyl (C=O) groups excluding carboxylic acids is 2. The molecule has 0 saturated carbocycles. The number of rotatable bonds is 8. The van der Waals surface area contributed by atoms with E-state index in [0.717, 1.165) is 0 Å². The zero-order valence-corrected chi connectivity index (χ0v) is 17.0. The van der Waals surface area contributed by atoms with E-state index in [1.54, 1.807) is 32.0 Å². The normalized spacial score (nSPS) is 17.3. The van der Waals surface area contributed by atoms with Crippen molar-refractivity contribution in [2.45, 2.75) is 37.2 Å². The number of thioether (sulfide) groups is 1. The molecule has 1 aromatic rings. The molecule has 1 atom stereocenters. The topological polar surface area (TPSA) is 114 Å². The highest BCUT2D eigenvalue weighted by molar-refractivity contribution is 7.98. The van der Waals surface area contributed by atoms with E-state index in [4.69, 9.17) is 4.74 Å². The molecule has 10 heteroatoms. The van der Waals surface area contributed by atoms with E-state index < -0.39 is 34.5 Å². The van der Waals surface area contributed by atoms with Crippen LogP contribution in [0.5, 0.6) is 0 Å². The van der Waals surface area contributed by atoms with Crippen molar-refractivity contribution in [3.8, 4) is 0 Å². The van der Waals surface area contributed by atoms with E-state index in [9.17, 15) is 18.0 Å². The Bertz CT molecular complexity index is 837. The quantitative estimate of drug-likeness (QED) is 0.613. The van der Waals surface area contributed by atoms with E-state index >= 15 is 0 Å². The number of carbonyl (C=O) groups is 2. The Morgan fingerprint density at radius 3 is 2.67 bits per heavy atom. The van der Waals surface area contributed by atoms with Crippen molar-refractivity contribution >= 4 is 39.5 Å². The van der Waals surface area contributed by atoms with Gasteiger partial charge in [-0.1, -0.05) is 12.1 Å². The lowest BCUT2D eigenvalue weighted by atomic mass is 10.2. The number of hydrogen-bond donors (Lipinski definition) is 2. The summed E-state index contributed by atoms with van der Waals surface area (Å²) in [4.78, 5) is 28.5. The van der Waals surface area contributed by atoms with Crippen LogP contribution in [-0.4, -0.2) is 56.8 Å². The van der Waals surface area contributed by atoms with E-state index in [1.165, 1.54) is 17.8 Å². The number of aliphatic imine (C=N–C) groups is 1. The second-order valence-corrected chi connectivity index (χ2v) is 8.84. The smallest absolute Gasteiger partial charge is 0.331 e. The van der Waals surface area contributed by atoms with E-state index in [1.807, 2.05) is 6.26 Å². The van der Waals surface area contributed by atoms with Gasteiger partial charge in [0.2, 0.25) is 0 Å². The van der Waals surface area contributed by atoms with Gasteiger partial charge in [-0.3, -0.25) is 14.5 Å². The number of hydrogen-bond acceptors (Lipinski definition) is 7. The molecule has 0 aliphatic carbocycles. The van der Waals surface area contributed by atoms with Gasteiger partial charge < -0.3 is 10.1 Å². The van der Waals surface area contributed by atoms with Crippen molar-refractivity contribution in [1.29, 1.82) is 0 Å². The number of esters is 1. The predicted molar refractivity (Wildman–Crippen MR) is 104 cm³/mol. The van der Waals surface area contributed by atoms with E-state index in [-0.39, 0.29) is 16.8 Å². The van der Waals surface area contributed by atoms with Gasteiger partial charge in [-0.2, -0.15) is 11.8 Å².